The third kappa shape index (κ3) is 2.88. The van der Waals surface area contributed by atoms with Gasteiger partial charge in [-0.25, -0.2) is 0 Å². The minimum atomic E-state index is -0.528. The number of carbonyl (C=O) groups excluding carboxylic acids is 1. The van der Waals surface area contributed by atoms with Crippen LogP contribution in [-0.2, 0) is 11.2 Å². The lowest BCUT2D eigenvalue weighted by atomic mass is 10.1. The van der Waals surface area contributed by atoms with Crippen LogP contribution < -0.4 is 5.32 Å². The van der Waals surface area contributed by atoms with Gasteiger partial charge in [0.2, 0.25) is 5.91 Å². The Morgan fingerprint density at radius 3 is 2.57 bits per heavy atom. The van der Waals surface area contributed by atoms with Crippen molar-refractivity contribution in [3.8, 4) is 6.07 Å². The number of anilines is 1. The maximum atomic E-state index is 10.8. The summed E-state index contributed by atoms with van der Waals surface area (Å²) in [5, 5.41) is 19.4. The van der Waals surface area contributed by atoms with Gasteiger partial charge in [0.25, 0.3) is 0 Å². The van der Waals surface area contributed by atoms with E-state index >= 15 is 0 Å². The molecule has 14 heavy (non-hydrogen) atoms. The van der Waals surface area contributed by atoms with E-state index in [-0.39, 0.29) is 0 Å². The van der Waals surface area contributed by atoms with Gasteiger partial charge in [-0.2, -0.15) is 5.26 Å². The van der Waals surface area contributed by atoms with E-state index in [2.05, 4.69) is 5.32 Å². The van der Waals surface area contributed by atoms with Crippen molar-refractivity contribution in [1.29, 1.82) is 5.26 Å². The quantitative estimate of drug-likeness (QED) is 0.736. The molecule has 4 nitrogen and oxygen atoms in total. The van der Waals surface area contributed by atoms with Crippen LogP contribution in [0.1, 0.15) is 5.56 Å². The predicted molar refractivity (Wildman–Crippen MR) is 51.5 cm³/mol. The van der Waals surface area contributed by atoms with Crippen LogP contribution in [0.2, 0.25) is 0 Å². The van der Waals surface area contributed by atoms with Crippen LogP contribution in [0.15, 0.2) is 24.3 Å². The Balaban J connectivity index is 2.65. The maximum Gasteiger partial charge on any atom is 0.250 e. The van der Waals surface area contributed by atoms with E-state index in [1.165, 1.54) is 0 Å². The molecule has 0 aromatic heterocycles. The molecule has 1 aromatic rings. The second-order valence-electron chi connectivity index (χ2n) is 2.74. The number of nitrogens with zero attached hydrogens (tertiary/aromatic N) is 1. The molecule has 0 saturated heterocycles. The van der Waals surface area contributed by atoms with Gasteiger partial charge in [0.15, 0.2) is 0 Å². The molecule has 1 rings (SSSR count). The van der Waals surface area contributed by atoms with Crippen LogP contribution in [0.25, 0.3) is 0 Å². The molecule has 0 atom stereocenters. The van der Waals surface area contributed by atoms with E-state index < -0.39 is 12.5 Å². The molecule has 1 aromatic carbocycles. The average Bonchev–Trinajstić information content (AvgIpc) is 2.21. The Bertz CT molecular complexity index is 351. The Hall–Kier alpha value is -1.86. The number of hydrogen-bond acceptors (Lipinski definition) is 3. The Kier molecular flexibility index (Phi) is 3.65. The second-order valence-corrected chi connectivity index (χ2v) is 2.74. The molecule has 72 valence electrons. The lowest BCUT2D eigenvalue weighted by Crippen LogP contribution is -2.15. The van der Waals surface area contributed by atoms with Crippen molar-refractivity contribution in [1.82, 2.24) is 0 Å². The molecule has 0 aliphatic carbocycles. The molecule has 1 amide bonds. The van der Waals surface area contributed by atoms with Gasteiger partial charge in [0.1, 0.15) is 6.61 Å². The van der Waals surface area contributed by atoms with Crippen molar-refractivity contribution in [2.75, 3.05) is 11.9 Å². The van der Waals surface area contributed by atoms with E-state index in [4.69, 9.17) is 10.4 Å². The number of benzene rings is 1. The SMILES string of the molecule is N#CCc1ccc(NC(=O)CO)cc1. The average molecular weight is 190 g/mol. The largest absolute Gasteiger partial charge is 0.387 e. The van der Waals surface area contributed by atoms with Crippen LogP contribution in [0.4, 0.5) is 5.69 Å². The van der Waals surface area contributed by atoms with Gasteiger partial charge in [-0.1, -0.05) is 12.1 Å². The zero-order chi connectivity index (χ0) is 10.4. The molecule has 0 unspecified atom stereocenters. The summed E-state index contributed by atoms with van der Waals surface area (Å²) in [4.78, 5) is 10.8. The van der Waals surface area contributed by atoms with E-state index in [0.717, 1.165) is 5.56 Å². The summed E-state index contributed by atoms with van der Waals surface area (Å²) in [6, 6.07) is 8.94. The summed E-state index contributed by atoms with van der Waals surface area (Å²) >= 11 is 0. The maximum absolute atomic E-state index is 10.8. The molecular weight excluding hydrogens is 180 g/mol. The van der Waals surface area contributed by atoms with Crippen molar-refractivity contribution in [2.45, 2.75) is 6.42 Å². The minimum absolute atomic E-state index is 0.355. The fraction of sp³-hybridized carbons (Fsp3) is 0.200. The van der Waals surface area contributed by atoms with E-state index in [1.54, 1.807) is 24.3 Å². The summed E-state index contributed by atoms with van der Waals surface area (Å²) in [5.41, 5.74) is 1.51. The molecule has 0 aliphatic heterocycles. The normalized spacial score (nSPS) is 9.14. The standard InChI is InChI=1S/C10H10N2O2/c11-6-5-8-1-3-9(4-2-8)12-10(14)7-13/h1-4,13H,5,7H2,(H,12,14). The van der Waals surface area contributed by atoms with Gasteiger partial charge in [-0.3, -0.25) is 4.79 Å². The molecule has 0 spiro atoms. The summed E-state index contributed by atoms with van der Waals surface area (Å²) in [6.07, 6.45) is 0.355. The van der Waals surface area contributed by atoms with Crippen LogP contribution in [-0.4, -0.2) is 17.6 Å². The van der Waals surface area contributed by atoms with Gasteiger partial charge >= 0.3 is 0 Å². The molecular formula is C10H10N2O2. The molecule has 0 heterocycles. The van der Waals surface area contributed by atoms with Gasteiger partial charge in [0, 0.05) is 5.69 Å². The first-order valence-corrected chi connectivity index (χ1v) is 4.13. The van der Waals surface area contributed by atoms with Crippen LogP contribution in [0, 0.1) is 11.3 Å². The minimum Gasteiger partial charge on any atom is -0.387 e. The Morgan fingerprint density at radius 1 is 1.43 bits per heavy atom. The topological polar surface area (TPSA) is 73.1 Å². The van der Waals surface area contributed by atoms with E-state index in [1.807, 2.05) is 6.07 Å². The first-order chi connectivity index (χ1) is 6.76. The number of amides is 1. The molecule has 0 bridgehead atoms. The van der Waals surface area contributed by atoms with Gasteiger partial charge in [0.05, 0.1) is 12.5 Å². The van der Waals surface area contributed by atoms with Crippen molar-refractivity contribution in [3.63, 3.8) is 0 Å². The predicted octanol–water partition coefficient (Wildman–Crippen LogP) is 0.683. The van der Waals surface area contributed by atoms with Crippen LogP contribution in [0.3, 0.4) is 0 Å². The number of rotatable bonds is 3. The van der Waals surface area contributed by atoms with Gasteiger partial charge in [-0.05, 0) is 17.7 Å². The lowest BCUT2D eigenvalue weighted by molar-refractivity contribution is -0.118. The molecule has 2 N–H and O–H groups in total. The highest BCUT2D eigenvalue weighted by atomic mass is 16.3. The highest BCUT2D eigenvalue weighted by molar-refractivity contribution is 5.91. The number of aliphatic hydroxyl groups is 1. The number of nitriles is 1. The smallest absolute Gasteiger partial charge is 0.250 e. The molecule has 0 saturated carbocycles. The lowest BCUT2D eigenvalue weighted by Gasteiger charge is -2.02. The summed E-state index contributed by atoms with van der Waals surface area (Å²) in [6.45, 7) is -0.528. The first-order valence-electron chi connectivity index (χ1n) is 4.13. The third-order valence-electron chi connectivity index (χ3n) is 1.66. The van der Waals surface area contributed by atoms with Gasteiger partial charge < -0.3 is 10.4 Å². The van der Waals surface area contributed by atoms with E-state index in [0.29, 0.717) is 12.1 Å². The summed E-state index contributed by atoms with van der Waals surface area (Å²) in [7, 11) is 0. The van der Waals surface area contributed by atoms with Crippen molar-refractivity contribution in [2.24, 2.45) is 0 Å². The zero-order valence-electron chi connectivity index (χ0n) is 7.53. The highest BCUT2D eigenvalue weighted by Gasteiger charge is 1.99. The summed E-state index contributed by atoms with van der Waals surface area (Å²) < 4.78 is 0. The van der Waals surface area contributed by atoms with Crippen molar-refractivity contribution in [3.05, 3.63) is 29.8 Å². The number of nitrogens with one attached hydrogen (secondary N) is 1. The van der Waals surface area contributed by atoms with Crippen LogP contribution >= 0.6 is 0 Å². The molecule has 0 aliphatic rings. The highest BCUT2D eigenvalue weighted by Crippen LogP contribution is 2.09. The number of hydrogen-bond donors (Lipinski definition) is 2. The van der Waals surface area contributed by atoms with Crippen molar-refractivity contribution >= 4 is 11.6 Å². The fourth-order valence-electron chi connectivity index (χ4n) is 0.998. The zero-order valence-corrected chi connectivity index (χ0v) is 7.53. The summed E-state index contributed by atoms with van der Waals surface area (Å²) in [5.74, 6) is -0.446. The number of aliphatic hydroxyl groups excluding tert-OH is 1. The third-order valence-corrected chi connectivity index (χ3v) is 1.66. The second kappa shape index (κ2) is 5.00. The molecule has 4 heteroatoms. The number of carbonyl (C=O) groups is 1. The van der Waals surface area contributed by atoms with Crippen molar-refractivity contribution < 1.29 is 9.90 Å². The monoisotopic (exact) mass is 190 g/mol. The Labute approximate surface area is 81.8 Å². The first kappa shape index (κ1) is 10.2. The Morgan fingerprint density at radius 2 is 2.07 bits per heavy atom. The molecule has 0 fully saturated rings. The fourth-order valence-corrected chi connectivity index (χ4v) is 0.998. The van der Waals surface area contributed by atoms with Gasteiger partial charge in [-0.15, -0.1) is 0 Å². The van der Waals surface area contributed by atoms with E-state index in [9.17, 15) is 4.79 Å². The van der Waals surface area contributed by atoms with Crippen LogP contribution in [0.5, 0.6) is 0 Å². The molecule has 0 radical (unpaired) electrons.